The molecule has 0 atom stereocenters. The first-order valence-corrected chi connectivity index (χ1v) is 6.00. The highest BCUT2D eigenvalue weighted by molar-refractivity contribution is 7.13. The maximum absolute atomic E-state index is 10.7. The molecule has 1 aliphatic heterocycles. The summed E-state index contributed by atoms with van der Waals surface area (Å²) in [5.41, 5.74) is 0.737. The van der Waals surface area contributed by atoms with Crippen molar-refractivity contribution in [2.75, 3.05) is 18.0 Å². The van der Waals surface area contributed by atoms with Gasteiger partial charge in [0.15, 0.2) is 10.8 Å². The second-order valence-corrected chi connectivity index (χ2v) is 5.33. The van der Waals surface area contributed by atoms with Gasteiger partial charge in [0.2, 0.25) is 0 Å². The first-order valence-electron chi connectivity index (χ1n) is 5.12. The summed E-state index contributed by atoms with van der Waals surface area (Å²) in [6.07, 6.45) is 3.91. The third kappa shape index (κ3) is 1.51. The molecule has 1 saturated heterocycles. The maximum Gasteiger partial charge on any atom is 0.355 e. The Morgan fingerprint density at radius 1 is 1.53 bits per heavy atom. The summed E-state index contributed by atoms with van der Waals surface area (Å²) in [5.74, 6) is -0.933. The van der Waals surface area contributed by atoms with Crippen LogP contribution in [0.4, 0.5) is 5.13 Å². The Balaban J connectivity index is 1.78. The minimum absolute atomic E-state index is 0.173. The van der Waals surface area contributed by atoms with Crippen molar-refractivity contribution in [1.29, 1.82) is 0 Å². The van der Waals surface area contributed by atoms with Gasteiger partial charge < -0.3 is 10.0 Å². The molecule has 1 aromatic heterocycles. The molecule has 1 spiro atoms. The molecule has 1 aromatic rings. The monoisotopic (exact) mass is 224 g/mol. The van der Waals surface area contributed by atoms with Crippen LogP contribution < -0.4 is 4.90 Å². The van der Waals surface area contributed by atoms with E-state index in [2.05, 4.69) is 9.88 Å². The van der Waals surface area contributed by atoms with Crippen LogP contribution in [0.1, 0.15) is 29.8 Å². The predicted molar refractivity (Wildman–Crippen MR) is 57.6 cm³/mol. The molecule has 0 radical (unpaired) electrons. The molecule has 4 nitrogen and oxygen atoms in total. The van der Waals surface area contributed by atoms with Crippen LogP contribution in [-0.2, 0) is 0 Å². The number of anilines is 1. The number of rotatable bonds is 2. The van der Waals surface area contributed by atoms with Crippen LogP contribution in [0.3, 0.4) is 0 Å². The van der Waals surface area contributed by atoms with Gasteiger partial charge in [-0.3, -0.25) is 0 Å². The average Bonchev–Trinajstić information content (AvgIpc) is 2.67. The lowest BCUT2D eigenvalue weighted by Gasteiger charge is -2.13. The van der Waals surface area contributed by atoms with E-state index in [-0.39, 0.29) is 5.69 Å². The summed E-state index contributed by atoms with van der Waals surface area (Å²) in [7, 11) is 0. The third-order valence-electron chi connectivity index (χ3n) is 3.38. The zero-order valence-corrected chi connectivity index (χ0v) is 9.09. The Morgan fingerprint density at radius 3 is 2.87 bits per heavy atom. The van der Waals surface area contributed by atoms with Gasteiger partial charge in [-0.25, -0.2) is 9.78 Å². The van der Waals surface area contributed by atoms with Gasteiger partial charge in [0.1, 0.15) is 0 Å². The van der Waals surface area contributed by atoms with Gasteiger partial charge in [-0.05, 0) is 24.7 Å². The summed E-state index contributed by atoms with van der Waals surface area (Å²) in [5, 5.41) is 11.3. The number of carboxylic acids is 1. The molecule has 1 saturated carbocycles. The Morgan fingerprint density at radius 2 is 2.33 bits per heavy atom. The molecule has 3 rings (SSSR count). The van der Waals surface area contributed by atoms with Crippen molar-refractivity contribution in [1.82, 2.24) is 4.98 Å². The van der Waals surface area contributed by atoms with Gasteiger partial charge in [-0.1, -0.05) is 0 Å². The van der Waals surface area contributed by atoms with Crippen molar-refractivity contribution in [3.05, 3.63) is 11.1 Å². The van der Waals surface area contributed by atoms with Crippen LogP contribution in [0.15, 0.2) is 5.38 Å². The summed E-state index contributed by atoms with van der Waals surface area (Å²) in [6.45, 7) is 2.10. The molecule has 2 heterocycles. The van der Waals surface area contributed by atoms with Crippen molar-refractivity contribution in [2.24, 2.45) is 5.41 Å². The predicted octanol–water partition coefficient (Wildman–Crippen LogP) is 1.83. The fourth-order valence-corrected chi connectivity index (χ4v) is 3.02. The minimum atomic E-state index is -0.933. The highest BCUT2D eigenvalue weighted by Gasteiger charge is 2.48. The van der Waals surface area contributed by atoms with Crippen LogP contribution in [-0.4, -0.2) is 29.1 Å². The van der Waals surface area contributed by atoms with E-state index in [1.54, 1.807) is 5.38 Å². The number of thiazole rings is 1. The molecule has 0 aromatic carbocycles. The van der Waals surface area contributed by atoms with Gasteiger partial charge in [0, 0.05) is 18.5 Å². The van der Waals surface area contributed by atoms with Gasteiger partial charge in [0.05, 0.1) is 0 Å². The van der Waals surface area contributed by atoms with Crippen molar-refractivity contribution in [3.8, 4) is 0 Å². The van der Waals surface area contributed by atoms with Crippen LogP contribution in [0.25, 0.3) is 0 Å². The second kappa shape index (κ2) is 2.95. The largest absolute Gasteiger partial charge is 0.476 e. The molecule has 1 aliphatic carbocycles. The second-order valence-electron chi connectivity index (χ2n) is 4.49. The smallest absolute Gasteiger partial charge is 0.355 e. The number of hydrogen-bond donors (Lipinski definition) is 1. The number of hydrogen-bond acceptors (Lipinski definition) is 4. The molecule has 5 heteroatoms. The normalized spacial score (nSPS) is 22.3. The van der Waals surface area contributed by atoms with Crippen LogP contribution in [0.5, 0.6) is 0 Å². The van der Waals surface area contributed by atoms with Crippen molar-refractivity contribution in [2.45, 2.75) is 19.3 Å². The molecule has 0 amide bonds. The Hall–Kier alpha value is -1.10. The molecule has 0 bridgehead atoms. The lowest BCUT2D eigenvalue weighted by atomic mass is 10.1. The number of carboxylic acid groups (broad SMARTS) is 1. The van der Waals surface area contributed by atoms with Crippen molar-refractivity contribution in [3.63, 3.8) is 0 Å². The third-order valence-corrected chi connectivity index (χ3v) is 4.28. The minimum Gasteiger partial charge on any atom is -0.476 e. The lowest BCUT2D eigenvalue weighted by Crippen LogP contribution is -2.19. The summed E-state index contributed by atoms with van der Waals surface area (Å²) >= 11 is 1.44. The first-order chi connectivity index (χ1) is 7.19. The number of aromatic carboxylic acids is 1. The number of aromatic nitrogens is 1. The van der Waals surface area contributed by atoms with Crippen LogP contribution >= 0.6 is 11.3 Å². The SMILES string of the molecule is O=C(O)c1csc(N2CCC3(CC3)C2)n1. The summed E-state index contributed by atoms with van der Waals surface area (Å²) < 4.78 is 0. The van der Waals surface area contributed by atoms with Crippen LogP contribution in [0.2, 0.25) is 0 Å². The van der Waals surface area contributed by atoms with Gasteiger partial charge >= 0.3 is 5.97 Å². The molecular weight excluding hydrogens is 212 g/mol. The molecule has 15 heavy (non-hydrogen) atoms. The highest BCUT2D eigenvalue weighted by Crippen LogP contribution is 2.53. The van der Waals surface area contributed by atoms with Gasteiger partial charge in [-0.15, -0.1) is 11.3 Å². The maximum atomic E-state index is 10.7. The van der Waals surface area contributed by atoms with E-state index in [9.17, 15) is 4.79 Å². The van der Waals surface area contributed by atoms with E-state index < -0.39 is 5.97 Å². The quantitative estimate of drug-likeness (QED) is 0.832. The molecule has 1 N–H and O–H groups in total. The van der Waals surface area contributed by atoms with Crippen LogP contribution in [0, 0.1) is 5.41 Å². The summed E-state index contributed by atoms with van der Waals surface area (Å²) in [6, 6.07) is 0. The van der Waals surface area contributed by atoms with E-state index in [0.717, 1.165) is 18.2 Å². The molecule has 2 fully saturated rings. The van der Waals surface area contributed by atoms with E-state index in [0.29, 0.717) is 5.41 Å². The van der Waals surface area contributed by atoms with E-state index in [4.69, 9.17) is 5.11 Å². The average molecular weight is 224 g/mol. The van der Waals surface area contributed by atoms with E-state index in [1.165, 1.54) is 30.6 Å². The van der Waals surface area contributed by atoms with E-state index in [1.807, 2.05) is 0 Å². The van der Waals surface area contributed by atoms with Crippen molar-refractivity contribution < 1.29 is 9.90 Å². The lowest BCUT2D eigenvalue weighted by molar-refractivity contribution is 0.0691. The standard InChI is InChI=1S/C10H12N2O2S/c13-8(14)7-5-15-9(11-7)12-4-3-10(6-12)1-2-10/h5H,1-4,6H2,(H,13,14). The highest BCUT2D eigenvalue weighted by atomic mass is 32.1. The van der Waals surface area contributed by atoms with E-state index >= 15 is 0 Å². The Bertz CT molecular complexity index is 411. The number of nitrogens with zero attached hydrogens (tertiary/aromatic N) is 2. The topological polar surface area (TPSA) is 53.4 Å². The molecule has 0 unspecified atom stereocenters. The zero-order valence-electron chi connectivity index (χ0n) is 8.27. The molecule has 80 valence electrons. The fraction of sp³-hybridized carbons (Fsp3) is 0.600. The summed E-state index contributed by atoms with van der Waals surface area (Å²) in [4.78, 5) is 17.1. The molecular formula is C10H12N2O2S. The zero-order chi connectivity index (χ0) is 10.5. The van der Waals surface area contributed by atoms with Gasteiger partial charge in [0.25, 0.3) is 0 Å². The molecule has 2 aliphatic rings. The fourth-order valence-electron chi connectivity index (χ4n) is 2.19. The number of carbonyl (C=O) groups is 1. The van der Waals surface area contributed by atoms with Gasteiger partial charge in [-0.2, -0.15) is 0 Å². The first kappa shape index (κ1) is 9.15. The van der Waals surface area contributed by atoms with Crippen molar-refractivity contribution >= 4 is 22.4 Å². The Kier molecular flexibility index (Phi) is 1.80. The Labute approximate surface area is 91.5 Å².